The quantitative estimate of drug-likeness (QED) is 0.896. The Hall–Kier alpha value is -2.26. The first-order chi connectivity index (χ1) is 12.2. The number of nitrogens with zero attached hydrogens (tertiary/aromatic N) is 1. The summed E-state index contributed by atoms with van der Waals surface area (Å²) in [6.45, 7) is 2.17. The van der Waals surface area contributed by atoms with E-state index in [9.17, 15) is 0 Å². The normalized spacial score (nSPS) is 27.1. The highest BCUT2D eigenvalue weighted by molar-refractivity contribution is 5.81. The van der Waals surface area contributed by atoms with Crippen LogP contribution in [0.15, 0.2) is 48.5 Å². The van der Waals surface area contributed by atoms with Crippen LogP contribution in [0.4, 0.5) is 5.69 Å². The number of ether oxygens (including phenoxy) is 1. The molecule has 2 aliphatic heterocycles. The number of anilines is 1. The van der Waals surface area contributed by atoms with Gasteiger partial charge in [0.1, 0.15) is 5.75 Å². The Kier molecular flexibility index (Phi) is 3.39. The second kappa shape index (κ2) is 5.63. The first-order valence-electron chi connectivity index (χ1n) is 9.17. The Morgan fingerprint density at radius 3 is 2.76 bits per heavy atom. The van der Waals surface area contributed by atoms with Crippen LogP contribution in [0, 0.1) is 0 Å². The van der Waals surface area contributed by atoms with Gasteiger partial charge in [-0.3, -0.25) is 4.90 Å². The van der Waals surface area contributed by atoms with Crippen molar-refractivity contribution in [1.82, 2.24) is 4.90 Å². The zero-order chi connectivity index (χ0) is 17.0. The zero-order valence-electron chi connectivity index (χ0n) is 14.8. The van der Waals surface area contributed by atoms with Crippen LogP contribution in [0.3, 0.4) is 0 Å². The second-order valence-corrected chi connectivity index (χ2v) is 7.54. The monoisotopic (exact) mass is 332 g/mol. The molecule has 0 bridgehead atoms. The van der Waals surface area contributed by atoms with Gasteiger partial charge in [0.25, 0.3) is 0 Å². The third-order valence-corrected chi connectivity index (χ3v) is 6.17. The third kappa shape index (κ3) is 2.30. The molecule has 3 aliphatic rings. The molecule has 3 atom stereocenters. The fraction of sp³-hybridized carbons (Fsp3) is 0.364. The SMILES string of the molecule is COc1ccc([C@H]2C=C3c4cccc5c4[C@@H](CN5)C[C@H]3N(C)C2)cc1. The molecule has 2 heterocycles. The smallest absolute Gasteiger partial charge is 0.118 e. The predicted octanol–water partition coefficient (Wildman–Crippen LogP) is 4.09. The predicted molar refractivity (Wildman–Crippen MR) is 102 cm³/mol. The van der Waals surface area contributed by atoms with E-state index in [0.29, 0.717) is 17.9 Å². The molecule has 2 aromatic carbocycles. The minimum Gasteiger partial charge on any atom is -0.497 e. The van der Waals surface area contributed by atoms with E-state index >= 15 is 0 Å². The van der Waals surface area contributed by atoms with Crippen molar-refractivity contribution in [3.63, 3.8) is 0 Å². The first-order valence-corrected chi connectivity index (χ1v) is 9.17. The fourth-order valence-corrected chi connectivity index (χ4v) is 4.90. The number of rotatable bonds is 2. The summed E-state index contributed by atoms with van der Waals surface area (Å²) in [5.74, 6) is 2.02. The van der Waals surface area contributed by atoms with Crippen molar-refractivity contribution >= 4 is 11.3 Å². The van der Waals surface area contributed by atoms with Gasteiger partial charge in [-0.05, 0) is 53.9 Å². The molecule has 128 valence electrons. The molecule has 0 saturated carbocycles. The molecule has 1 aliphatic carbocycles. The Morgan fingerprint density at radius 2 is 1.96 bits per heavy atom. The highest BCUT2D eigenvalue weighted by atomic mass is 16.5. The highest BCUT2D eigenvalue weighted by Crippen LogP contribution is 2.49. The van der Waals surface area contributed by atoms with Gasteiger partial charge in [-0.2, -0.15) is 0 Å². The molecule has 0 aromatic heterocycles. The van der Waals surface area contributed by atoms with Crippen LogP contribution >= 0.6 is 0 Å². The molecule has 0 spiro atoms. The maximum absolute atomic E-state index is 5.31. The lowest BCUT2D eigenvalue weighted by atomic mass is 9.74. The number of nitrogens with one attached hydrogen (secondary N) is 1. The third-order valence-electron chi connectivity index (χ3n) is 6.17. The summed E-state index contributed by atoms with van der Waals surface area (Å²) >= 11 is 0. The van der Waals surface area contributed by atoms with E-state index in [1.165, 1.54) is 28.8 Å². The summed E-state index contributed by atoms with van der Waals surface area (Å²) in [6.07, 6.45) is 3.76. The standard InChI is InChI=1S/C22H24N2O/c1-24-13-16(14-6-8-17(25-2)9-7-14)10-19-18-4-3-5-20-22(18)15(12-23-20)11-21(19)24/h3-10,15-16,21,23H,11-13H2,1-2H3/t15-,16+,21-/m1/s1. The molecule has 3 nitrogen and oxygen atoms in total. The van der Waals surface area contributed by atoms with Crippen LogP contribution in [-0.4, -0.2) is 38.2 Å². The Bertz CT molecular complexity index is 840. The van der Waals surface area contributed by atoms with E-state index in [-0.39, 0.29) is 0 Å². The van der Waals surface area contributed by atoms with Crippen LogP contribution < -0.4 is 10.1 Å². The lowest BCUT2D eigenvalue weighted by molar-refractivity contribution is 0.247. The van der Waals surface area contributed by atoms with Crippen LogP contribution in [-0.2, 0) is 0 Å². The zero-order valence-corrected chi connectivity index (χ0v) is 14.8. The summed E-state index contributed by atoms with van der Waals surface area (Å²) in [4.78, 5) is 2.55. The molecule has 0 amide bonds. The van der Waals surface area contributed by atoms with Gasteiger partial charge in [0.2, 0.25) is 0 Å². The van der Waals surface area contributed by atoms with Gasteiger partial charge < -0.3 is 10.1 Å². The molecule has 5 rings (SSSR count). The average Bonchev–Trinajstić information content (AvgIpc) is 3.07. The number of likely N-dealkylation sites (N-methyl/N-ethyl adjacent to an activating group) is 1. The van der Waals surface area contributed by atoms with E-state index in [1.54, 1.807) is 12.7 Å². The minimum absolute atomic E-state index is 0.434. The number of hydrogen-bond donors (Lipinski definition) is 1. The van der Waals surface area contributed by atoms with Gasteiger partial charge in [0.15, 0.2) is 0 Å². The maximum atomic E-state index is 5.31. The molecule has 2 aromatic rings. The van der Waals surface area contributed by atoms with Crippen molar-refractivity contribution in [2.45, 2.75) is 24.3 Å². The van der Waals surface area contributed by atoms with E-state index < -0.39 is 0 Å². The molecule has 0 fully saturated rings. The van der Waals surface area contributed by atoms with E-state index in [1.807, 2.05) is 0 Å². The molecule has 3 heteroatoms. The average molecular weight is 332 g/mol. The molecule has 0 saturated heterocycles. The number of benzene rings is 2. The van der Waals surface area contributed by atoms with Gasteiger partial charge in [-0.25, -0.2) is 0 Å². The van der Waals surface area contributed by atoms with Gasteiger partial charge in [-0.15, -0.1) is 0 Å². The lowest BCUT2D eigenvalue weighted by Crippen LogP contribution is -2.42. The molecule has 0 radical (unpaired) electrons. The van der Waals surface area contributed by atoms with Crippen LogP contribution in [0.2, 0.25) is 0 Å². The lowest BCUT2D eigenvalue weighted by Gasteiger charge is -2.42. The number of fused-ring (bicyclic) bond motifs is 2. The maximum Gasteiger partial charge on any atom is 0.118 e. The molecule has 25 heavy (non-hydrogen) atoms. The topological polar surface area (TPSA) is 24.5 Å². The summed E-state index contributed by atoms with van der Waals surface area (Å²) in [5.41, 5.74) is 7.25. The summed E-state index contributed by atoms with van der Waals surface area (Å²) in [5, 5.41) is 3.60. The molecular formula is C22H24N2O. The van der Waals surface area contributed by atoms with Crippen molar-refractivity contribution < 1.29 is 4.74 Å². The van der Waals surface area contributed by atoms with Crippen molar-refractivity contribution in [2.24, 2.45) is 0 Å². The van der Waals surface area contributed by atoms with Gasteiger partial charge in [0.05, 0.1) is 7.11 Å². The Morgan fingerprint density at radius 1 is 1.12 bits per heavy atom. The first kappa shape index (κ1) is 15.0. The van der Waals surface area contributed by atoms with Gasteiger partial charge in [0, 0.05) is 36.7 Å². The van der Waals surface area contributed by atoms with E-state index in [0.717, 1.165) is 18.8 Å². The van der Waals surface area contributed by atoms with Gasteiger partial charge >= 0.3 is 0 Å². The molecule has 1 N–H and O–H groups in total. The van der Waals surface area contributed by atoms with Crippen LogP contribution in [0.1, 0.15) is 34.9 Å². The van der Waals surface area contributed by atoms with Crippen molar-refractivity contribution in [2.75, 3.05) is 32.6 Å². The van der Waals surface area contributed by atoms with Crippen molar-refractivity contribution in [3.05, 3.63) is 65.2 Å². The Balaban J connectivity index is 1.59. The summed E-state index contributed by atoms with van der Waals surface area (Å²) < 4.78 is 5.31. The van der Waals surface area contributed by atoms with Gasteiger partial charge in [-0.1, -0.05) is 30.3 Å². The van der Waals surface area contributed by atoms with E-state index in [2.05, 4.69) is 65.8 Å². The number of methoxy groups -OCH3 is 1. The molecular weight excluding hydrogens is 308 g/mol. The fourth-order valence-electron chi connectivity index (χ4n) is 4.90. The largest absolute Gasteiger partial charge is 0.497 e. The second-order valence-electron chi connectivity index (χ2n) is 7.54. The minimum atomic E-state index is 0.434. The Labute approximate surface area is 149 Å². The summed E-state index contributed by atoms with van der Waals surface area (Å²) in [7, 11) is 4.00. The number of hydrogen-bond acceptors (Lipinski definition) is 3. The highest BCUT2D eigenvalue weighted by Gasteiger charge is 2.39. The van der Waals surface area contributed by atoms with Crippen molar-refractivity contribution in [1.29, 1.82) is 0 Å². The summed E-state index contributed by atoms with van der Waals surface area (Å²) in [6, 6.07) is 15.8. The van der Waals surface area contributed by atoms with E-state index in [4.69, 9.17) is 4.74 Å². The van der Waals surface area contributed by atoms with Crippen molar-refractivity contribution in [3.8, 4) is 5.75 Å². The van der Waals surface area contributed by atoms with Crippen LogP contribution in [0.5, 0.6) is 5.75 Å². The molecule has 0 unspecified atom stereocenters. The van der Waals surface area contributed by atoms with Crippen LogP contribution in [0.25, 0.3) is 5.57 Å².